The van der Waals surface area contributed by atoms with Crippen LogP contribution in [0.4, 0.5) is 5.69 Å². The van der Waals surface area contributed by atoms with Crippen molar-refractivity contribution >= 4 is 63.5 Å². The number of rotatable bonds is 13. The minimum Gasteiger partial charge on any atom is -0.437 e. The summed E-state index contributed by atoms with van der Waals surface area (Å²) in [6, 6.07) is 4.13. The average Bonchev–Trinajstić information content (AvgIpc) is 3.67. The molecule has 0 saturated carbocycles. The first-order valence-corrected chi connectivity index (χ1v) is 20.4. The highest BCUT2D eigenvalue weighted by Crippen LogP contribution is 2.66. The van der Waals surface area contributed by atoms with Crippen molar-refractivity contribution in [2.45, 2.75) is 58.5 Å². The van der Waals surface area contributed by atoms with Gasteiger partial charge in [-0.1, -0.05) is 35.2 Å². The quantitative estimate of drug-likeness (QED) is 0.0422. The van der Waals surface area contributed by atoms with Crippen molar-refractivity contribution in [3.8, 4) is 0 Å². The normalized spacial score (nSPS) is 19.3. The number of fused-ring (bicyclic) bond motifs is 1. The molecule has 28 heteroatoms. The summed E-state index contributed by atoms with van der Waals surface area (Å²) in [6.07, 6.45) is -0.424. The van der Waals surface area contributed by atoms with Gasteiger partial charge in [0.25, 0.3) is 11.1 Å². The number of oxazole rings is 1. The molecule has 1 aliphatic rings. The van der Waals surface area contributed by atoms with Gasteiger partial charge in [-0.25, -0.2) is 23.5 Å². The molecular weight excluding hydrogens is 828 g/mol. The van der Waals surface area contributed by atoms with Crippen LogP contribution in [0.25, 0.3) is 21.5 Å². The van der Waals surface area contributed by atoms with Crippen LogP contribution in [-0.2, 0) is 44.5 Å². The minimum atomic E-state index is -5.70. The summed E-state index contributed by atoms with van der Waals surface area (Å²) in [6.45, 7) is 4.73. The molecule has 5 rings (SSSR count). The Labute approximate surface area is 312 Å². The molecule has 3 aromatic heterocycles. The van der Waals surface area contributed by atoms with Crippen LogP contribution in [0.2, 0.25) is 10.0 Å². The minimum absolute atomic E-state index is 0.111. The third kappa shape index (κ3) is 11.5. The van der Waals surface area contributed by atoms with E-state index in [0.717, 1.165) is 22.2 Å². The molecule has 0 spiro atoms. The SMILES string of the molecule is CCc1cc(NCc2nc3c(Cl)ccc(Cl)c3o2)c(=O)[nH]c1C.Cc1cn([C@H]2C[C@H](N=[N+]=[N-])[C@@H](COP(=O)(O)OP(=O)(O)OP(=O)(O)O)O2)c(=O)[nH]c1=O. The lowest BCUT2D eigenvalue weighted by molar-refractivity contribution is -0.0267. The Morgan fingerprint density at radius 3 is 2.39 bits per heavy atom. The second-order valence-corrected chi connectivity index (χ2v) is 16.4. The van der Waals surface area contributed by atoms with E-state index in [0.29, 0.717) is 32.7 Å². The summed E-state index contributed by atoms with van der Waals surface area (Å²) in [5, 5.41) is 7.39. The first kappa shape index (κ1) is 43.1. The molecule has 0 amide bonds. The predicted octanol–water partition coefficient (Wildman–Crippen LogP) is 4.46. The van der Waals surface area contributed by atoms with Crippen LogP contribution in [-0.4, -0.2) is 57.8 Å². The van der Waals surface area contributed by atoms with Crippen LogP contribution in [0, 0.1) is 13.8 Å². The molecule has 0 bridgehead atoms. The molecule has 4 aromatic rings. The number of aryl methyl sites for hydroxylation is 3. The largest absolute Gasteiger partial charge is 0.490 e. The number of anilines is 1. The van der Waals surface area contributed by atoms with E-state index in [1.54, 1.807) is 12.1 Å². The molecule has 0 aliphatic carbocycles. The Morgan fingerprint density at radius 2 is 1.76 bits per heavy atom. The van der Waals surface area contributed by atoms with Gasteiger partial charge >= 0.3 is 29.2 Å². The maximum atomic E-state index is 12.0. The summed E-state index contributed by atoms with van der Waals surface area (Å²) in [5.41, 5.74) is 10.6. The van der Waals surface area contributed by atoms with Gasteiger partial charge in [-0.15, -0.1) is 0 Å². The number of H-pyrrole nitrogens is 2. The molecule has 1 saturated heterocycles. The topological polar surface area (TPSA) is 344 Å². The van der Waals surface area contributed by atoms with E-state index >= 15 is 0 Å². The zero-order valence-corrected chi connectivity index (χ0v) is 32.2. The van der Waals surface area contributed by atoms with Crippen LogP contribution >= 0.6 is 46.7 Å². The fraction of sp³-hybridized carbons (Fsp3) is 0.385. The maximum absolute atomic E-state index is 12.0. The fourth-order valence-electron chi connectivity index (χ4n) is 4.89. The van der Waals surface area contributed by atoms with Crippen LogP contribution in [0.15, 0.2) is 48.3 Å². The first-order chi connectivity index (χ1) is 25.1. The lowest BCUT2D eigenvalue weighted by Gasteiger charge is -2.19. The van der Waals surface area contributed by atoms with Gasteiger partial charge in [-0.2, -0.15) is 8.62 Å². The van der Waals surface area contributed by atoms with Crippen molar-refractivity contribution in [3.05, 3.63) is 98.8 Å². The second kappa shape index (κ2) is 17.5. The highest BCUT2D eigenvalue weighted by Gasteiger charge is 2.43. The molecule has 4 heterocycles. The summed E-state index contributed by atoms with van der Waals surface area (Å²) in [5.74, 6) is 0.410. The zero-order valence-electron chi connectivity index (χ0n) is 28.0. The Kier molecular flexibility index (Phi) is 13.9. The molecule has 7 N–H and O–H groups in total. The molecule has 23 nitrogen and oxygen atoms in total. The van der Waals surface area contributed by atoms with Gasteiger partial charge in [-0.3, -0.25) is 23.7 Å². The summed E-state index contributed by atoms with van der Waals surface area (Å²) < 4.78 is 57.5. The number of hydrogen-bond acceptors (Lipinski definition) is 14. The molecule has 54 heavy (non-hydrogen) atoms. The van der Waals surface area contributed by atoms with Crippen molar-refractivity contribution in [2.75, 3.05) is 11.9 Å². The van der Waals surface area contributed by atoms with E-state index in [9.17, 15) is 33.0 Å². The van der Waals surface area contributed by atoms with Gasteiger partial charge in [0.2, 0.25) is 5.89 Å². The van der Waals surface area contributed by atoms with Gasteiger partial charge in [0.1, 0.15) is 17.4 Å². The third-order valence-corrected chi connectivity index (χ3v) is 11.7. The molecule has 1 aromatic carbocycles. The van der Waals surface area contributed by atoms with Crippen molar-refractivity contribution in [1.82, 2.24) is 19.5 Å². The Hall–Kier alpha value is -3.62. The lowest BCUT2D eigenvalue weighted by Crippen LogP contribution is -2.33. The first-order valence-electron chi connectivity index (χ1n) is 15.1. The number of halogens is 2. The number of aromatic amines is 2. The van der Waals surface area contributed by atoms with Crippen molar-refractivity contribution < 1.29 is 55.6 Å². The van der Waals surface area contributed by atoms with Crippen molar-refractivity contribution in [2.24, 2.45) is 5.11 Å². The Morgan fingerprint density at radius 1 is 1.07 bits per heavy atom. The van der Waals surface area contributed by atoms with E-state index in [-0.39, 0.29) is 24.1 Å². The number of phosphoric acid groups is 3. The van der Waals surface area contributed by atoms with Gasteiger partial charge in [0.05, 0.1) is 35.3 Å². The van der Waals surface area contributed by atoms with Crippen LogP contribution in [0.1, 0.15) is 42.3 Å². The van der Waals surface area contributed by atoms with E-state index < -0.39 is 59.7 Å². The summed E-state index contributed by atoms with van der Waals surface area (Å²) >= 11 is 12.2. The fourth-order valence-corrected chi connectivity index (χ4v) is 8.31. The zero-order chi connectivity index (χ0) is 40.2. The van der Waals surface area contributed by atoms with E-state index in [2.05, 4.69) is 38.5 Å². The number of pyridine rings is 1. The lowest BCUT2D eigenvalue weighted by atomic mass is 10.1. The number of ether oxygens (including phenoxy) is 1. The average molecular weight is 859 g/mol. The van der Waals surface area contributed by atoms with E-state index in [1.165, 1.54) is 13.1 Å². The number of nitrogens with one attached hydrogen (secondary N) is 3. The van der Waals surface area contributed by atoms with E-state index in [4.69, 9.17) is 52.6 Å². The van der Waals surface area contributed by atoms with Gasteiger partial charge in [0, 0.05) is 28.8 Å². The molecule has 1 aliphatic heterocycles. The van der Waals surface area contributed by atoms with E-state index in [1.807, 2.05) is 24.9 Å². The molecule has 2 unspecified atom stereocenters. The number of nitrogens with zero attached hydrogens (tertiary/aromatic N) is 5. The molecule has 5 atom stereocenters. The molecule has 0 radical (unpaired) electrons. The molecular formula is C26H31Cl2N8O15P3. The van der Waals surface area contributed by atoms with Gasteiger partial charge < -0.3 is 39.0 Å². The summed E-state index contributed by atoms with van der Waals surface area (Å²) in [7, 11) is -16.7. The maximum Gasteiger partial charge on any atom is 0.490 e. The van der Waals surface area contributed by atoms with Crippen molar-refractivity contribution in [3.63, 3.8) is 0 Å². The summed E-state index contributed by atoms with van der Waals surface area (Å²) in [4.78, 5) is 82.9. The highest BCUT2D eigenvalue weighted by molar-refractivity contribution is 7.66. The molecule has 294 valence electrons. The van der Waals surface area contributed by atoms with Crippen molar-refractivity contribution in [1.29, 1.82) is 0 Å². The van der Waals surface area contributed by atoms with Crippen LogP contribution in [0.3, 0.4) is 0 Å². The number of benzene rings is 1. The van der Waals surface area contributed by atoms with Crippen LogP contribution in [0.5, 0.6) is 0 Å². The predicted molar refractivity (Wildman–Crippen MR) is 190 cm³/mol. The number of phosphoric ester groups is 1. The standard InChI is InChI=1S/C16H15Cl2N3O2.C10H16N5O13P3/c1-3-9-6-12(16(22)20-8(9)2)19-7-13-21-14-10(17)4-5-11(18)15(14)23-13;1-5-3-15(10(17)12-9(5)16)8-2-6(13-14-11)7(26-8)4-25-30(21,22)28-31(23,24)27-29(18,19)20/h4-6,19H,3,7H2,1-2H3,(H,20,22);3,6-8H,2,4H2,1H3,(H,21,22)(H,23,24)(H,12,16,17)(H2,18,19,20)/t;6-,7+,8+/m.0/s1. The van der Waals surface area contributed by atoms with Gasteiger partial charge in [-0.05, 0) is 49.6 Å². The second-order valence-electron chi connectivity index (χ2n) is 11.2. The monoisotopic (exact) mass is 858 g/mol. The number of azide groups is 1. The number of aromatic nitrogens is 4. The Bertz CT molecular complexity index is 2370. The smallest absolute Gasteiger partial charge is 0.437 e. The Balaban J connectivity index is 0.000000251. The van der Waals surface area contributed by atoms with Crippen LogP contribution < -0.4 is 22.1 Å². The number of hydrogen-bond donors (Lipinski definition) is 7. The third-order valence-electron chi connectivity index (χ3n) is 7.33. The highest BCUT2D eigenvalue weighted by atomic mass is 35.5. The van der Waals surface area contributed by atoms with Gasteiger partial charge in [0.15, 0.2) is 5.58 Å². The molecule has 1 fully saturated rings.